The monoisotopic (exact) mass is 849 g/mol. The van der Waals surface area contributed by atoms with Crippen molar-refractivity contribution in [2.45, 2.75) is 92.2 Å². The van der Waals surface area contributed by atoms with Crippen LogP contribution in [0.5, 0.6) is 11.5 Å². The van der Waals surface area contributed by atoms with E-state index in [-0.39, 0.29) is 76.4 Å². The fourth-order valence-corrected chi connectivity index (χ4v) is 5.70. The molecule has 8 N–H and O–H groups in total. The molecule has 0 heterocycles. The molecule has 4 unspecified atom stereocenters. The van der Waals surface area contributed by atoms with Gasteiger partial charge in [-0.3, -0.25) is 40.1 Å². The Morgan fingerprint density at radius 3 is 1.95 bits per heavy atom. The summed E-state index contributed by atoms with van der Waals surface area (Å²) in [6, 6.07) is 4.63. The highest BCUT2D eigenvalue weighted by atomic mass is 17.1. The van der Waals surface area contributed by atoms with Crippen LogP contribution in [0.4, 0.5) is 9.59 Å². The summed E-state index contributed by atoms with van der Waals surface area (Å²) in [5.74, 6) is -1.26. The molecule has 21 nitrogen and oxygen atoms in total. The Labute approximate surface area is 346 Å². The van der Waals surface area contributed by atoms with E-state index in [0.717, 1.165) is 5.56 Å². The van der Waals surface area contributed by atoms with Crippen molar-refractivity contribution in [1.82, 2.24) is 21.4 Å². The number of nitrogens with one attached hydrogen (secondary N) is 2. The van der Waals surface area contributed by atoms with Crippen molar-refractivity contribution in [3.05, 3.63) is 23.8 Å². The first-order chi connectivity index (χ1) is 27.8. The van der Waals surface area contributed by atoms with Crippen molar-refractivity contribution in [3.63, 3.8) is 0 Å². The van der Waals surface area contributed by atoms with E-state index in [0.29, 0.717) is 37.6 Å². The van der Waals surface area contributed by atoms with Gasteiger partial charge in [-0.05, 0) is 68.6 Å². The van der Waals surface area contributed by atoms with E-state index in [2.05, 4.69) is 20.3 Å². The van der Waals surface area contributed by atoms with Gasteiger partial charge in [0.15, 0.2) is 11.5 Å². The van der Waals surface area contributed by atoms with Crippen molar-refractivity contribution in [1.29, 1.82) is 0 Å². The van der Waals surface area contributed by atoms with Gasteiger partial charge in [0.25, 0.3) is 0 Å². The van der Waals surface area contributed by atoms with Gasteiger partial charge < -0.3 is 44.8 Å². The Balaban J connectivity index is 3.60. The highest BCUT2D eigenvalue weighted by molar-refractivity contribution is 5.83. The molecular weight excluding hydrogens is 782 g/mol. The average molecular weight is 850 g/mol. The summed E-state index contributed by atoms with van der Waals surface area (Å²) >= 11 is 0. The van der Waals surface area contributed by atoms with Gasteiger partial charge in [-0.2, -0.15) is 0 Å². The van der Waals surface area contributed by atoms with Crippen molar-refractivity contribution >= 4 is 24.1 Å². The lowest BCUT2D eigenvalue weighted by molar-refractivity contribution is -0.493. The maximum atomic E-state index is 13.8. The fraction of sp³-hybridized carbons (Fsp3) is 0.737. The number of carbonyl (C=O) groups excluding carboxylic acids is 4. The number of rotatable bonds is 31. The number of hydrogen-bond donors (Lipinski definition) is 7. The van der Waals surface area contributed by atoms with Gasteiger partial charge in [-0.1, -0.05) is 33.8 Å². The smallest absolute Gasteiger partial charge is 0.493 e. The van der Waals surface area contributed by atoms with E-state index in [9.17, 15) is 19.2 Å². The number of hydrogen-bond acceptors (Lipinski definition) is 18. The second-order valence-corrected chi connectivity index (χ2v) is 15.2. The number of nitrogens with zero attached hydrogens (tertiary/aromatic N) is 2. The van der Waals surface area contributed by atoms with E-state index in [1.165, 1.54) is 0 Å². The molecule has 340 valence electrons. The van der Waals surface area contributed by atoms with Crippen LogP contribution in [0.1, 0.15) is 79.2 Å². The van der Waals surface area contributed by atoms with E-state index < -0.39 is 58.3 Å². The lowest BCUT2D eigenvalue weighted by Gasteiger charge is -2.34. The second kappa shape index (κ2) is 28.4. The minimum Gasteiger partial charge on any atom is -0.493 e. The molecule has 0 saturated heterocycles. The van der Waals surface area contributed by atoms with Gasteiger partial charge in [0.05, 0.1) is 62.4 Å². The molecule has 0 saturated carbocycles. The zero-order valence-electron chi connectivity index (χ0n) is 35.5. The summed E-state index contributed by atoms with van der Waals surface area (Å²) in [5.41, 5.74) is 5.37. The Bertz CT molecular complexity index is 1380. The molecule has 4 atom stereocenters. The third-order valence-electron chi connectivity index (χ3n) is 9.42. The Morgan fingerprint density at radius 1 is 0.797 bits per heavy atom. The number of benzene rings is 1. The Morgan fingerprint density at radius 2 is 1.41 bits per heavy atom. The Kier molecular flexibility index (Phi) is 25.5. The van der Waals surface area contributed by atoms with E-state index in [4.69, 9.17) is 55.0 Å². The highest BCUT2D eigenvalue weighted by Crippen LogP contribution is 2.33. The number of ether oxygens (including phenoxy) is 6. The van der Waals surface area contributed by atoms with Gasteiger partial charge in [-0.25, -0.2) is 9.59 Å². The van der Waals surface area contributed by atoms with E-state index in [1.807, 2.05) is 26.0 Å². The Hall–Kier alpha value is -4.06. The van der Waals surface area contributed by atoms with Gasteiger partial charge in [0, 0.05) is 45.4 Å². The fourth-order valence-electron chi connectivity index (χ4n) is 5.70. The summed E-state index contributed by atoms with van der Waals surface area (Å²) in [4.78, 5) is 61.4. The highest BCUT2D eigenvalue weighted by Gasteiger charge is 2.37. The predicted octanol–water partition coefficient (Wildman–Crippen LogP) is 4.03. The minimum atomic E-state index is -1.18. The van der Waals surface area contributed by atoms with Crippen molar-refractivity contribution in [3.8, 4) is 11.5 Å². The standard InChI is InChI=1S/C38H67N5O16/c1-25(2)28(20-27-12-13-31(53-8)33(21-27)54-15-9-14-52-7)22-30(41-36(46)55-16-10-18-57-42(48)49)32(59-37(47)56-17-11-19-58-43(50)51)23-29(26(3)4)34(44)40-24-38(5,6)35(39)45/h12-13,21,25-26,28-30,32,48-51H,9-11,14-20,22-24H2,1-8H3,(H2,39,45)(H,40,44)(H,41,46). The SMILES string of the molecule is COCCCOc1cc(CC(CC(NC(=O)OCCCON(O)O)C(CC(C(=O)NCC(C)(C)C(N)=O)C(C)C)OC(=O)OCCCON(O)O)C(C)C)ccc1OC. The quantitative estimate of drug-likeness (QED) is 0.0315. The first-order valence-electron chi connectivity index (χ1n) is 19.6. The normalized spacial score (nSPS) is 13.8. The molecule has 1 aromatic carbocycles. The number of primary amides is 1. The zero-order valence-corrected chi connectivity index (χ0v) is 35.5. The average Bonchev–Trinajstić information content (AvgIpc) is 3.15. The van der Waals surface area contributed by atoms with Crippen LogP contribution in [-0.4, -0.2) is 128 Å². The third-order valence-corrected chi connectivity index (χ3v) is 9.42. The molecule has 1 rings (SSSR count). The van der Waals surface area contributed by atoms with Crippen LogP contribution >= 0.6 is 0 Å². The molecule has 0 aliphatic rings. The summed E-state index contributed by atoms with van der Waals surface area (Å²) in [5, 5.41) is 39.9. The van der Waals surface area contributed by atoms with Crippen LogP contribution in [0, 0.1) is 29.1 Å². The van der Waals surface area contributed by atoms with Crippen molar-refractivity contribution in [2.75, 3.05) is 60.4 Å². The summed E-state index contributed by atoms with van der Waals surface area (Å²) in [7, 11) is 3.16. The van der Waals surface area contributed by atoms with Gasteiger partial charge >= 0.3 is 12.2 Å². The number of carbonyl (C=O) groups is 4. The van der Waals surface area contributed by atoms with E-state index in [1.54, 1.807) is 48.0 Å². The molecule has 0 aliphatic heterocycles. The number of amides is 3. The van der Waals surface area contributed by atoms with Crippen LogP contribution in [0.25, 0.3) is 0 Å². The molecular formula is C38H67N5O16. The van der Waals surface area contributed by atoms with Gasteiger partial charge in [-0.15, -0.1) is 0 Å². The van der Waals surface area contributed by atoms with Crippen LogP contribution < -0.4 is 25.8 Å². The zero-order chi connectivity index (χ0) is 44.5. The predicted molar refractivity (Wildman–Crippen MR) is 207 cm³/mol. The van der Waals surface area contributed by atoms with Crippen LogP contribution in [0.2, 0.25) is 0 Å². The summed E-state index contributed by atoms with van der Waals surface area (Å²) in [6.45, 7) is 10.9. The first-order valence-corrected chi connectivity index (χ1v) is 19.6. The van der Waals surface area contributed by atoms with Crippen LogP contribution in [-0.2, 0) is 44.6 Å². The number of methoxy groups -OCH3 is 2. The molecule has 0 radical (unpaired) electrons. The maximum absolute atomic E-state index is 13.8. The molecule has 21 heteroatoms. The van der Waals surface area contributed by atoms with Crippen LogP contribution in [0.3, 0.4) is 0 Å². The van der Waals surface area contributed by atoms with E-state index >= 15 is 0 Å². The molecule has 1 aromatic rings. The topological polar surface area (TPSA) is 280 Å². The summed E-state index contributed by atoms with van der Waals surface area (Å²) < 4.78 is 33.2. The lowest BCUT2D eigenvalue weighted by atomic mass is 9.80. The van der Waals surface area contributed by atoms with Crippen molar-refractivity contribution in [2.24, 2.45) is 34.8 Å². The number of nitrogens with two attached hydrogens (primary N) is 1. The molecule has 59 heavy (non-hydrogen) atoms. The van der Waals surface area contributed by atoms with Crippen LogP contribution in [0.15, 0.2) is 18.2 Å². The molecule has 0 aliphatic carbocycles. The molecule has 0 fully saturated rings. The van der Waals surface area contributed by atoms with Gasteiger partial charge in [0.1, 0.15) is 6.10 Å². The van der Waals surface area contributed by atoms with Gasteiger partial charge in [0.2, 0.25) is 11.8 Å². The maximum Gasteiger partial charge on any atom is 0.508 e. The molecule has 0 spiro atoms. The largest absolute Gasteiger partial charge is 0.508 e. The lowest BCUT2D eigenvalue weighted by Crippen LogP contribution is -2.50. The number of alkyl carbamates (subject to hydrolysis) is 1. The molecule has 3 amide bonds. The third kappa shape index (κ3) is 22.2. The van der Waals surface area contributed by atoms with Crippen molar-refractivity contribution < 1.29 is 78.1 Å². The summed E-state index contributed by atoms with van der Waals surface area (Å²) in [6.07, 6.45) is -1.78. The molecule has 0 bridgehead atoms. The second-order valence-electron chi connectivity index (χ2n) is 15.2. The molecule has 0 aromatic heterocycles. The minimum absolute atomic E-state index is 0.00555. The first kappa shape index (κ1) is 53.0.